The molecule has 8 heteroatoms. The van der Waals surface area contributed by atoms with Gasteiger partial charge in [-0.3, -0.25) is 0 Å². The Balaban J connectivity index is 3.12. The topological polar surface area (TPSA) is 29.5 Å². The number of benzene rings is 1. The largest absolute Gasteiger partial charge is 0.496 e. The molecule has 0 amide bonds. The molecule has 0 saturated heterocycles. The number of halogens is 6. The molecule has 1 unspecified atom stereocenters. The fourth-order valence-corrected chi connectivity index (χ4v) is 1.78. The van der Waals surface area contributed by atoms with Crippen molar-refractivity contribution in [2.75, 3.05) is 7.11 Å². The predicted molar refractivity (Wildman–Crippen MR) is 56.7 cm³/mol. The smallest absolute Gasteiger partial charge is 0.456 e. The fourth-order valence-electron chi connectivity index (χ4n) is 1.22. The van der Waals surface area contributed by atoms with Crippen LogP contribution < -0.4 is 4.74 Å². The van der Waals surface area contributed by atoms with E-state index in [0.717, 1.165) is 12.1 Å². The van der Waals surface area contributed by atoms with Crippen molar-refractivity contribution in [2.45, 2.75) is 18.2 Å². The zero-order valence-corrected chi connectivity index (χ0v) is 10.5. The molecule has 1 aromatic carbocycles. The van der Waals surface area contributed by atoms with Gasteiger partial charge in [0.15, 0.2) is 6.10 Å². The summed E-state index contributed by atoms with van der Waals surface area (Å²) < 4.78 is 67.0. The molecule has 0 fully saturated rings. The molecule has 102 valence electrons. The highest BCUT2D eigenvalue weighted by Crippen LogP contribution is 2.45. The molecule has 0 radical (unpaired) electrons. The van der Waals surface area contributed by atoms with E-state index < -0.39 is 23.8 Å². The first-order chi connectivity index (χ1) is 8.11. The van der Waals surface area contributed by atoms with Crippen LogP contribution in [-0.2, 0) is 0 Å². The van der Waals surface area contributed by atoms with Gasteiger partial charge >= 0.3 is 12.1 Å². The van der Waals surface area contributed by atoms with E-state index in [2.05, 4.69) is 15.9 Å². The minimum absolute atomic E-state index is 0.166. The Kier molecular flexibility index (Phi) is 4.22. The Morgan fingerprint density at radius 3 is 2.17 bits per heavy atom. The van der Waals surface area contributed by atoms with Crippen molar-refractivity contribution in [2.24, 2.45) is 0 Å². The third kappa shape index (κ3) is 2.74. The molecule has 1 N–H and O–H groups in total. The first kappa shape index (κ1) is 15.2. The monoisotopic (exact) mass is 334 g/mol. The van der Waals surface area contributed by atoms with Gasteiger partial charge in [-0.15, -0.1) is 0 Å². The maximum atomic E-state index is 12.9. The van der Waals surface area contributed by atoms with Gasteiger partial charge in [0.25, 0.3) is 0 Å². The fraction of sp³-hybridized carbons (Fsp3) is 0.400. The molecule has 0 aromatic heterocycles. The number of rotatable bonds is 3. The molecule has 0 aliphatic rings. The zero-order valence-electron chi connectivity index (χ0n) is 8.93. The lowest BCUT2D eigenvalue weighted by Crippen LogP contribution is -2.42. The van der Waals surface area contributed by atoms with Crippen LogP contribution >= 0.6 is 15.9 Å². The van der Waals surface area contributed by atoms with E-state index in [1.54, 1.807) is 0 Å². The average molecular weight is 335 g/mol. The van der Waals surface area contributed by atoms with Gasteiger partial charge in [0, 0.05) is 0 Å². The van der Waals surface area contributed by atoms with Crippen molar-refractivity contribution in [3.05, 3.63) is 28.2 Å². The number of aliphatic hydroxyl groups excluding tert-OH is 1. The van der Waals surface area contributed by atoms with Crippen LogP contribution in [0.2, 0.25) is 0 Å². The van der Waals surface area contributed by atoms with Crippen LogP contribution in [0.1, 0.15) is 11.7 Å². The molecule has 0 aliphatic heterocycles. The molecule has 0 saturated carbocycles. The Bertz CT molecular complexity index is 433. The van der Waals surface area contributed by atoms with Crippen LogP contribution in [0.25, 0.3) is 0 Å². The van der Waals surface area contributed by atoms with Crippen LogP contribution in [0.15, 0.2) is 22.7 Å². The van der Waals surface area contributed by atoms with Crippen LogP contribution in [0.5, 0.6) is 5.75 Å². The van der Waals surface area contributed by atoms with Gasteiger partial charge in [-0.05, 0) is 33.6 Å². The van der Waals surface area contributed by atoms with Gasteiger partial charge in [0.05, 0.1) is 11.6 Å². The van der Waals surface area contributed by atoms with Crippen LogP contribution in [-0.4, -0.2) is 24.3 Å². The van der Waals surface area contributed by atoms with Crippen LogP contribution in [0, 0.1) is 0 Å². The third-order valence-corrected chi connectivity index (χ3v) is 2.83. The maximum Gasteiger partial charge on any atom is 0.456 e. The highest BCUT2D eigenvalue weighted by atomic mass is 79.9. The van der Waals surface area contributed by atoms with E-state index in [9.17, 15) is 22.0 Å². The molecule has 1 aromatic rings. The summed E-state index contributed by atoms with van der Waals surface area (Å²) in [5.41, 5.74) is -0.565. The van der Waals surface area contributed by atoms with E-state index in [-0.39, 0.29) is 10.2 Å². The van der Waals surface area contributed by atoms with E-state index in [1.807, 2.05) is 0 Å². The quantitative estimate of drug-likeness (QED) is 0.854. The maximum absolute atomic E-state index is 12.9. The highest BCUT2D eigenvalue weighted by molar-refractivity contribution is 9.10. The van der Waals surface area contributed by atoms with E-state index in [1.165, 1.54) is 13.2 Å². The van der Waals surface area contributed by atoms with Crippen molar-refractivity contribution in [3.63, 3.8) is 0 Å². The second-order valence-corrected chi connectivity index (χ2v) is 4.27. The summed E-state index contributed by atoms with van der Waals surface area (Å²) in [5, 5.41) is 9.14. The summed E-state index contributed by atoms with van der Waals surface area (Å²) in [6.07, 6.45) is -8.79. The summed E-state index contributed by atoms with van der Waals surface area (Å²) in [4.78, 5) is 0. The molecule has 1 rings (SSSR count). The summed E-state index contributed by atoms with van der Waals surface area (Å²) >= 11 is 2.93. The number of ether oxygens (including phenoxy) is 1. The lowest BCUT2D eigenvalue weighted by molar-refractivity contribution is -0.315. The van der Waals surface area contributed by atoms with E-state index in [4.69, 9.17) is 9.84 Å². The molecule has 18 heavy (non-hydrogen) atoms. The van der Waals surface area contributed by atoms with Gasteiger partial charge in [0.1, 0.15) is 5.75 Å². The van der Waals surface area contributed by atoms with Gasteiger partial charge < -0.3 is 9.84 Å². The highest BCUT2D eigenvalue weighted by Gasteiger charge is 2.62. The summed E-state index contributed by atoms with van der Waals surface area (Å²) in [7, 11) is 1.31. The second-order valence-electron chi connectivity index (χ2n) is 3.42. The molecule has 0 spiro atoms. The van der Waals surface area contributed by atoms with Gasteiger partial charge in [0.2, 0.25) is 0 Å². The third-order valence-electron chi connectivity index (χ3n) is 2.21. The van der Waals surface area contributed by atoms with Crippen molar-refractivity contribution < 1.29 is 31.8 Å². The standard InChI is InChI=1S/C10H8BrF5O2/c1-18-7-3-2-5(4-6(7)11)8(17)9(12,13)10(14,15)16/h2-4,8,17H,1H3. The molecule has 0 bridgehead atoms. The van der Waals surface area contributed by atoms with Crippen molar-refractivity contribution >= 4 is 15.9 Å². The molecule has 0 aliphatic carbocycles. The van der Waals surface area contributed by atoms with Crippen molar-refractivity contribution in [1.29, 1.82) is 0 Å². The lowest BCUT2D eigenvalue weighted by Gasteiger charge is -2.25. The predicted octanol–water partition coefficient (Wildman–Crippen LogP) is 3.69. The number of hydrogen-bond acceptors (Lipinski definition) is 2. The summed E-state index contributed by atoms with van der Waals surface area (Å²) in [6, 6.07) is 3.06. The SMILES string of the molecule is COc1ccc(C(O)C(F)(F)C(F)(F)F)cc1Br. The van der Waals surface area contributed by atoms with Crippen molar-refractivity contribution in [3.8, 4) is 5.75 Å². The first-order valence-electron chi connectivity index (χ1n) is 4.57. The molecular formula is C10H8BrF5O2. The molecular weight excluding hydrogens is 327 g/mol. The van der Waals surface area contributed by atoms with Gasteiger partial charge in [-0.1, -0.05) is 6.07 Å². The van der Waals surface area contributed by atoms with E-state index in [0.29, 0.717) is 0 Å². The lowest BCUT2D eigenvalue weighted by atomic mass is 10.0. The molecule has 0 heterocycles. The minimum Gasteiger partial charge on any atom is -0.496 e. The normalized spacial score (nSPS) is 14.4. The Labute approximate surface area is 107 Å². The number of aliphatic hydroxyl groups is 1. The van der Waals surface area contributed by atoms with Crippen LogP contribution in [0.4, 0.5) is 22.0 Å². The molecule has 2 nitrogen and oxygen atoms in total. The van der Waals surface area contributed by atoms with Gasteiger partial charge in [-0.25, -0.2) is 0 Å². The van der Waals surface area contributed by atoms with E-state index >= 15 is 0 Å². The minimum atomic E-state index is -5.82. The van der Waals surface area contributed by atoms with Crippen molar-refractivity contribution in [1.82, 2.24) is 0 Å². The number of alkyl halides is 5. The van der Waals surface area contributed by atoms with Crippen LogP contribution in [0.3, 0.4) is 0 Å². The first-order valence-corrected chi connectivity index (χ1v) is 5.36. The summed E-state index contributed by atoms with van der Waals surface area (Å²) in [6.45, 7) is 0. The average Bonchev–Trinajstić information content (AvgIpc) is 2.26. The molecule has 1 atom stereocenters. The van der Waals surface area contributed by atoms with Gasteiger partial charge in [-0.2, -0.15) is 22.0 Å². The second kappa shape index (κ2) is 5.00. The summed E-state index contributed by atoms with van der Waals surface area (Å²) in [5.74, 6) is -4.97. The Hall–Kier alpha value is -0.890. The zero-order chi connectivity index (χ0) is 14.1. The number of methoxy groups -OCH3 is 1. The Morgan fingerprint density at radius 1 is 1.22 bits per heavy atom. The number of hydrogen-bond donors (Lipinski definition) is 1. The Morgan fingerprint density at radius 2 is 1.78 bits per heavy atom.